The van der Waals surface area contributed by atoms with Gasteiger partial charge in [0, 0.05) is 25.7 Å². The van der Waals surface area contributed by atoms with Crippen LogP contribution in [0.1, 0.15) is 20.8 Å². The van der Waals surface area contributed by atoms with Gasteiger partial charge in [-0.25, -0.2) is 4.57 Å². The van der Waals surface area contributed by atoms with Crippen LogP contribution >= 0.6 is 7.82 Å². The monoisotopic (exact) mass is 411 g/mol. The summed E-state index contributed by atoms with van der Waals surface area (Å²) in [5.74, 6) is -2.40. The maximum absolute atomic E-state index is 11.5. The summed E-state index contributed by atoms with van der Waals surface area (Å²) >= 11 is 0. The largest absolute Gasteiger partial charge is 0.488 e. The fourth-order valence-corrected chi connectivity index (χ4v) is 2.55. The van der Waals surface area contributed by atoms with Crippen molar-refractivity contribution in [1.82, 2.24) is 10.5 Å². The minimum Gasteiger partial charge on any atom is -0.456 e. The van der Waals surface area contributed by atoms with E-state index in [4.69, 9.17) is 29.6 Å². The molecule has 1 heterocycles. The zero-order chi connectivity index (χ0) is 20.8. The molecule has 0 radical (unpaired) electrons. The smallest absolute Gasteiger partial charge is 0.456 e. The van der Waals surface area contributed by atoms with E-state index in [1.165, 1.54) is 0 Å². The Bertz CT molecular complexity index is 676. The molecule has 0 spiro atoms. The molecule has 0 bridgehead atoms. The minimum atomic E-state index is -5.18. The molecule has 4 unspecified atom stereocenters. The number of phosphoric acid groups is 1. The van der Waals surface area contributed by atoms with Crippen LogP contribution in [-0.2, 0) is 37.9 Å². The fraction of sp³-hybridized carbons (Fsp3) is 0.727. The van der Waals surface area contributed by atoms with Crippen LogP contribution in [0.15, 0.2) is 5.11 Å². The lowest BCUT2D eigenvalue weighted by Gasteiger charge is -2.45. The van der Waals surface area contributed by atoms with E-state index in [2.05, 4.69) is 20.0 Å². The number of hydrogen-bond donors (Lipinski definition) is 3. The molecule has 1 saturated heterocycles. The number of esters is 2. The highest BCUT2D eigenvalue weighted by Crippen LogP contribution is 2.40. The molecule has 1 aliphatic rings. The molecule has 0 aromatic carbocycles. The van der Waals surface area contributed by atoms with Crippen LogP contribution in [0.25, 0.3) is 10.4 Å². The Balaban J connectivity index is 3.37. The molecule has 15 nitrogen and oxygen atoms in total. The van der Waals surface area contributed by atoms with Gasteiger partial charge in [0.25, 0.3) is 0 Å². The van der Waals surface area contributed by atoms with Gasteiger partial charge >= 0.3 is 19.8 Å². The van der Waals surface area contributed by atoms with E-state index < -0.39 is 56.7 Å². The lowest BCUT2D eigenvalue weighted by Crippen LogP contribution is -2.67. The maximum Gasteiger partial charge on any atom is 0.488 e. The molecule has 1 rings (SSSR count). The van der Waals surface area contributed by atoms with Crippen LogP contribution in [0.4, 0.5) is 0 Å². The van der Waals surface area contributed by atoms with Crippen molar-refractivity contribution in [1.29, 1.82) is 0 Å². The van der Waals surface area contributed by atoms with Crippen LogP contribution < -0.4 is 5.32 Å². The first-order chi connectivity index (χ1) is 12.4. The van der Waals surface area contributed by atoms with Gasteiger partial charge < -0.3 is 24.6 Å². The minimum absolute atomic E-state index is 0.202. The Morgan fingerprint density at radius 2 is 1.78 bits per heavy atom. The van der Waals surface area contributed by atoms with Crippen molar-refractivity contribution in [3.63, 3.8) is 0 Å². The summed E-state index contributed by atoms with van der Waals surface area (Å²) < 4.78 is 25.7. The average molecular weight is 411 g/mol. The molecule has 4 atom stereocenters. The second-order valence-electron chi connectivity index (χ2n) is 5.21. The van der Waals surface area contributed by atoms with Crippen molar-refractivity contribution in [2.24, 2.45) is 5.11 Å². The summed E-state index contributed by atoms with van der Waals surface area (Å²) in [5.41, 5.74) is 8.48. The van der Waals surface area contributed by atoms with Crippen molar-refractivity contribution in [2.75, 3.05) is 6.54 Å². The van der Waals surface area contributed by atoms with Gasteiger partial charge in [0.15, 0.2) is 18.4 Å². The van der Waals surface area contributed by atoms with Gasteiger partial charge in [-0.15, -0.1) is 0 Å². The molecule has 27 heavy (non-hydrogen) atoms. The molecular weight excluding hydrogens is 393 g/mol. The van der Waals surface area contributed by atoms with Gasteiger partial charge in [-0.1, -0.05) is 5.11 Å². The third-order valence-electron chi connectivity index (χ3n) is 2.93. The Morgan fingerprint density at radius 3 is 2.22 bits per heavy atom. The zero-order valence-electron chi connectivity index (χ0n) is 14.4. The van der Waals surface area contributed by atoms with Crippen LogP contribution in [-0.4, -0.2) is 63.9 Å². The Labute approximate surface area is 152 Å². The Hall–Kier alpha value is -2.25. The number of carbonyl (C=O) groups is 3. The number of ether oxygens (including phenoxy) is 2. The van der Waals surface area contributed by atoms with Crippen molar-refractivity contribution in [3.05, 3.63) is 10.4 Å². The summed E-state index contributed by atoms with van der Waals surface area (Å²) in [4.78, 5) is 60.1. The quantitative estimate of drug-likeness (QED) is 0.156. The maximum atomic E-state index is 11.5. The highest BCUT2D eigenvalue weighted by molar-refractivity contribution is 7.46. The number of amides is 1. The lowest BCUT2D eigenvalue weighted by molar-refractivity contribution is -0.415. The number of rotatable bonds is 7. The van der Waals surface area contributed by atoms with E-state index in [9.17, 15) is 18.9 Å². The predicted molar refractivity (Wildman–Crippen MR) is 82.6 cm³/mol. The summed E-state index contributed by atoms with van der Waals surface area (Å²) in [6, 6.07) is 0. The van der Waals surface area contributed by atoms with Gasteiger partial charge in [-0.3, -0.25) is 19.2 Å². The number of hydroxylamine groups is 2. The van der Waals surface area contributed by atoms with Crippen LogP contribution in [0.5, 0.6) is 0 Å². The molecule has 16 heteroatoms. The summed E-state index contributed by atoms with van der Waals surface area (Å²) in [5, 5.41) is 5.66. The molecule has 0 saturated carbocycles. The first-order valence-electron chi connectivity index (χ1n) is 7.28. The average Bonchev–Trinajstić information content (AvgIpc) is 2.48. The van der Waals surface area contributed by atoms with Crippen molar-refractivity contribution >= 4 is 25.7 Å². The second-order valence-corrected chi connectivity index (χ2v) is 6.35. The first kappa shape index (κ1) is 22.8. The first-order valence-corrected chi connectivity index (χ1v) is 8.81. The van der Waals surface area contributed by atoms with Gasteiger partial charge in [-0.2, -0.15) is 4.62 Å². The highest BCUT2D eigenvalue weighted by Gasteiger charge is 2.51. The molecule has 0 aromatic rings. The Morgan fingerprint density at radius 1 is 1.22 bits per heavy atom. The van der Waals surface area contributed by atoms with E-state index in [1.54, 1.807) is 0 Å². The van der Waals surface area contributed by atoms with Crippen molar-refractivity contribution < 1.29 is 47.7 Å². The highest BCUT2D eigenvalue weighted by atomic mass is 31.2. The van der Waals surface area contributed by atoms with Crippen molar-refractivity contribution in [3.8, 4) is 0 Å². The van der Waals surface area contributed by atoms with Crippen LogP contribution in [0.3, 0.4) is 0 Å². The molecule has 3 N–H and O–H groups in total. The SMILES string of the molecule is CC(=O)NC1C(OC(C)=O)C(OC(C)=O)C(CN=[N+]=[N-])ON1OP(=O)(O)O. The van der Waals surface area contributed by atoms with E-state index in [-0.39, 0.29) is 5.23 Å². The molecule has 152 valence electrons. The van der Waals surface area contributed by atoms with Gasteiger partial charge in [0.1, 0.15) is 6.10 Å². The number of nitrogens with one attached hydrogen (secondary N) is 1. The summed E-state index contributed by atoms with van der Waals surface area (Å²) in [7, 11) is -5.18. The number of carbonyl (C=O) groups excluding carboxylic acids is 3. The summed E-state index contributed by atoms with van der Waals surface area (Å²) in [6.07, 6.45) is -5.88. The normalized spacial score (nSPS) is 25.8. The molecule has 1 aliphatic heterocycles. The Kier molecular flexibility index (Phi) is 8.12. The van der Waals surface area contributed by atoms with Crippen molar-refractivity contribution in [2.45, 2.75) is 45.2 Å². The van der Waals surface area contributed by atoms with E-state index in [0.29, 0.717) is 0 Å². The van der Waals surface area contributed by atoms with Crippen LogP contribution in [0, 0.1) is 0 Å². The third-order valence-corrected chi connectivity index (χ3v) is 3.31. The van der Waals surface area contributed by atoms with Crippen LogP contribution in [0.2, 0.25) is 0 Å². The zero-order valence-corrected chi connectivity index (χ0v) is 15.3. The number of azide groups is 1. The van der Waals surface area contributed by atoms with E-state index in [1.807, 2.05) is 0 Å². The topological polar surface area (TPSA) is 210 Å². The van der Waals surface area contributed by atoms with Gasteiger partial charge in [0.2, 0.25) is 5.91 Å². The number of nitrogens with zero attached hydrogens (tertiary/aromatic N) is 4. The molecule has 1 amide bonds. The van der Waals surface area contributed by atoms with E-state index in [0.717, 1.165) is 20.8 Å². The standard InChI is InChI=1S/C11H18N5O10P/c1-5(17)14-11-10(24-7(3)19)9(23-6(2)18)8(4-13-15-12)25-16(11)26-27(20,21)22/h8-11H,4H2,1-3H3,(H,14,17)(H2,20,21,22). The van der Waals surface area contributed by atoms with E-state index >= 15 is 0 Å². The molecule has 0 aliphatic carbocycles. The molecule has 1 fully saturated rings. The summed E-state index contributed by atoms with van der Waals surface area (Å²) in [6.45, 7) is 2.64. The fourth-order valence-electron chi connectivity index (χ4n) is 2.20. The molecular formula is C11H18N5O10P. The number of hydrogen-bond acceptors (Lipinski definition) is 10. The van der Waals surface area contributed by atoms with Gasteiger partial charge in [0.05, 0.1) is 6.54 Å². The second kappa shape index (κ2) is 9.62. The predicted octanol–water partition coefficient (Wildman–Crippen LogP) is -0.738. The lowest BCUT2D eigenvalue weighted by atomic mass is 10.0. The van der Waals surface area contributed by atoms with Gasteiger partial charge in [-0.05, 0) is 10.8 Å². The third kappa shape index (κ3) is 7.48. The molecule has 0 aromatic heterocycles.